The fraction of sp³-hybridized carbons (Fsp3) is 0.700. The van der Waals surface area contributed by atoms with Crippen molar-refractivity contribution in [1.29, 1.82) is 0 Å². The van der Waals surface area contributed by atoms with E-state index in [1.807, 2.05) is 0 Å². The molecule has 1 aromatic rings. The summed E-state index contributed by atoms with van der Waals surface area (Å²) in [5.74, 6) is 0. The van der Waals surface area contributed by atoms with Gasteiger partial charge in [0.1, 0.15) is 4.90 Å². The number of methoxy groups -OCH3 is 2. The molecule has 1 atom stereocenters. The van der Waals surface area contributed by atoms with Gasteiger partial charge in [-0.1, -0.05) is 0 Å². The molecule has 8 nitrogen and oxygen atoms in total. The second-order valence-electron chi connectivity index (χ2n) is 3.99. The summed E-state index contributed by atoms with van der Waals surface area (Å²) in [5.41, 5.74) is 6.23. The van der Waals surface area contributed by atoms with Gasteiger partial charge in [-0.05, 0) is 6.92 Å². The number of aromatic amines is 1. The van der Waals surface area contributed by atoms with Gasteiger partial charge in [-0.25, -0.2) is 13.1 Å². The first kappa shape index (κ1) is 16.1. The molecule has 0 spiro atoms. The number of aromatic nitrogens is 2. The molecule has 0 aliphatic rings. The lowest BCUT2D eigenvalue weighted by atomic mass is 10.4. The molecule has 0 saturated heterocycles. The van der Waals surface area contributed by atoms with Crippen molar-refractivity contribution in [2.24, 2.45) is 5.73 Å². The maximum absolute atomic E-state index is 12.2. The molecule has 0 saturated carbocycles. The minimum atomic E-state index is -3.67. The minimum Gasteiger partial charge on any atom is -0.382 e. The normalized spacial score (nSPS) is 13.7. The lowest BCUT2D eigenvalue weighted by molar-refractivity contribution is 0.0320. The Bertz CT molecular complexity index is 500. The zero-order valence-corrected chi connectivity index (χ0v) is 12.1. The van der Waals surface area contributed by atoms with E-state index in [1.54, 1.807) is 6.92 Å². The van der Waals surface area contributed by atoms with Crippen LogP contribution in [0.3, 0.4) is 0 Å². The van der Waals surface area contributed by atoms with E-state index >= 15 is 0 Å². The number of H-pyrrole nitrogens is 1. The molecule has 1 rings (SSSR count). The van der Waals surface area contributed by atoms with Crippen LogP contribution >= 0.6 is 0 Å². The molecule has 1 unspecified atom stereocenters. The van der Waals surface area contributed by atoms with E-state index in [0.717, 1.165) is 0 Å². The van der Waals surface area contributed by atoms with Crippen molar-refractivity contribution in [1.82, 2.24) is 14.9 Å². The van der Waals surface area contributed by atoms with E-state index in [2.05, 4.69) is 14.9 Å². The number of hydrogen-bond acceptors (Lipinski definition) is 6. The van der Waals surface area contributed by atoms with Crippen LogP contribution in [0.15, 0.2) is 4.90 Å². The molecule has 0 aliphatic heterocycles. The standard InChI is InChI=1S/C10H20N4O4S/c1-7-10(9(4-11)14-13-7)19(15,16)12-5-8(18-3)6-17-2/h8,12H,4-6,11H2,1-3H3,(H,13,14). The molecule has 19 heavy (non-hydrogen) atoms. The van der Waals surface area contributed by atoms with Gasteiger partial charge in [0.05, 0.1) is 24.1 Å². The van der Waals surface area contributed by atoms with Crippen molar-refractivity contribution in [2.45, 2.75) is 24.5 Å². The Balaban J connectivity index is 2.83. The number of nitrogens with one attached hydrogen (secondary N) is 2. The third-order valence-corrected chi connectivity index (χ3v) is 4.24. The minimum absolute atomic E-state index is 0.0480. The molecule has 0 aliphatic carbocycles. The lowest BCUT2D eigenvalue weighted by Gasteiger charge is -2.15. The van der Waals surface area contributed by atoms with Gasteiger partial charge < -0.3 is 15.2 Å². The number of rotatable bonds is 8. The van der Waals surface area contributed by atoms with Crippen LogP contribution in [0.25, 0.3) is 0 Å². The van der Waals surface area contributed by atoms with Gasteiger partial charge in [0.15, 0.2) is 0 Å². The van der Waals surface area contributed by atoms with E-state index in [0.29, 0.717) is 18.0 Å². The van der Waals surface area contributed by atoms with Crippen molar-refractivity contribution < 1.29 is 17.9 Å². The summed E-state index contributed by atoms with van der Waals surface area (Å²) in [6.45, 7) is 2.09. The molecule has 1 aromatic heterocycles. The fourth-order valence-electron chi connectivity index (χ4n) is 1.64. The van der Waals surface area contributed by atoms with Gasteiger partial charge in [-0.3, -0.25) is 5.10 Å². The Hall–Kier alpha value is -1.00. The predicted molar refractivity (Wildman–Crippen MR) is 69.1 cm³/mol. The van der Waals surface area contributed by atoms with Gasteiger partial charge in [-0.15, -0.1) is 0 Å². The molecule has 9 heteroatoms. The third-order valence-electron chi connectivity index (χ3n) is 2.61. The Kier molecular flexibility index (Phi) is 5.88. The Morgan fingerprint density at radius 2 is 2.16 bits per heavy atom. The number of aryl methyl sites for hydroxylation is 1. The van der Waals surface area contributed by atoms with Crippen molar-refractivity contribution in [3.05, 3.63) is 11.4 Å². The Labute approximate surface area is 112 Å². The molecule has 1 heterocycles. The van der Waals surface area contributed by atoms with E-state index < -0.39 is 10.0 Å². The third kappa shape index (κ3) is 3.98. The highest BCUT2D eigenvalue weighted by Crippen LogP contribution is 2.16. The molecule has 0 bridgehead atoms. The summed E-state index contributed by atoms with van der Waals surface area (Å²) < 4.78 is 36.9. The molecule has 110 valence electrons. The van der Waals surface area contributed by atoms with Gasteiger partial charge >= 0.3 is 0 Å². The maximum Gasteiger partial charge on any atom is 0.244 e. The highest BCUT2D eigenvalue weighted by Gasteiger charge is 2.24. The van der Waals surface area contributed by atoms with E-state index in [9.17, 15) is 8.42 Å². The smallest absolute Gasteiger partial charge is 0.244 e. The van der Waals surface area contributed by atoms with Crippen molar-refractivity contribution in [3.8, 4) is 0 Å². The lowest BCUT2D eigenvalue weighted by Crippen LogP contribution is -2.36. The number of hydrogen-bond donors (Lipinski definition) is 3. The molecule has 0 radical (unpaired) electrons. The summed E-state index contributed by atoms with van der Waals surface area (Å²) in [6, 6.07) is 0. The quantitative estimate of drug-likeness (QED) is 0.572. The first-order chi connectivity index (χ1) is 8.96. The van der Waals surface area contributed by atoms with Crippen LogP contribution in [0, 0.1) is 6.92 Å². The maximum atomic E-state index is 12.2. The summed E-state index contributed by atoms with van der Waals surface area (Å²) >= 11 is 0. The number of nitrogens with two attached hydrogens (primary N) is 1. The van der Waals surface area contributed by atoms with Crippen molar-refractivity contribution >= 4 is 10.0 Å². The van der Waals surface area contributed by atoms with E-state index in [1.165, 1.54) is 14.2 Å². The summed E-state index contributed by atoms with van der Waals surface area (Å²) in [7, 11) is -0.660. The number of nitrogens with zero attached hydrogens (tertiary/aromatic N) is 1. The first-order valence-corrected chi connectivity index (χ1v) is 7.19. The Morgan fingerprint density at radius 3 is 2.68 bits per heavy atom. The summed E-state index contributed by atoms with van der Waals surface area (Å²) in [4.78, 5) is 0.0993. The highest BCUT2D eigenvalue weighted by atomic mass is 32.2. The van der Waals surface area contributed by atoms with Crippen LogP contribution in [0.1, 0.15) is 11.4 Å². The molecule has 0 amide bonds. The number of ether oxygens (including phenoxy) is 2. The van der Waals surface area contributed by atoms with Crippen LogP contribution in [0.2, 0.25) is 0 Å². The second-order valence-corrected chi connectivity index (χ2v) is 5.70. The Morgan fingerprint density at radius 1 is 1.47 bits per heavy atom. The molecule has 4 N–H and O–H groups in total. The molecular formula is C10H20N4O4S. The van der Waals surface area contributed by atoms with Crippen LogP contribution < -0.4 is 10.5 Å². The van der Waals surface area contributed by atoms with Crippen LogP contribution in [0.4, 0.5) is 0 Å². The van der Waals surface area contributed by atoms with Gasteiger partial charge in [-0.2, -0.15) is 5.10 Å². The largest absolute Gasteiger partial charge is 0.382 e. The zero-order chi connectivity index (χ0) is 14.5. The van der Waals surface area contributed by atoms with Gasteiger partial charge in [0.25, 0.3) is 0 Å². The average Bonchev–Trinajstić information content (AvgIpc) is 2.76. The molecule has 0 aromatic carbocycles. The second kappa shape index (κ2) is 6.96. The highest BCUT2D eigenvalue weighted by molar-refractivity contribution is 7.89. The fourth-order valence-corrected chi connectivity index (χ4v) is 3.07. The molecular weight excluding hydrogens is 272 g/mol. The summed E-state index contributed by atoms with van der Waals surface area (Å²) in [5, 5.41) is 6.47. The van der Waals surface area contributed by atoms with Gasteiger partial charge in [0, 0.05) is 27.3 Å². The van der Waals surface area contributed by atoms with Crippen LogP contribution in [-0.4, -0.2) is 52.1 Å². The van der Waals surface area contributed by atoms with Crippen molar-refractivity contribution in [2.75, 3.05) is 27.4 Å². The topological polar surface area (TPSA) is 119 Å². The van der Waals surface area contributed by atoms with E-state index in [-0.39, 0.29) is 24.1 Å². The average molecular weight is 292 g/mol. The zero-order valence-electron chi connectivity index (χ0n) is 11.3. The molecule has 0 fully saturated rings. The van der Waals surface area contributed by atoms with Crippen LogP contribution in [-0.2, 0) is 26.0 Å². The van der Waals surface area contributed by atoms with Crippen molar-refractivity contribution in [3.63, 3.8) is 0 Å². The first-order valence-electron chi connectivity index (χ1n) is 5.71. The monoisotopic (exact) mass is 292 g/mol. The SMILES string of the molecule is COCC(CNS(=O)(=O)c1c(CN)n[nH]c1C)OC. The van der Waals surface area contributed by atoms with Crippen LogP contribution in [0.5, 0.6) is 0 Å². The van der Waals surface area contributed by atoms with Gasteiger partial charge in [0.2, 0.25) is 10.0 Å². The summed E-state index contributed by atoms with van der Waals surface area (Å²) in [6.07, 6.45) is -0.353. The predicted octanol–water partition coefficient (Wildman–Crippen LogP) is -0.883. The number of sulfonamides is 1. The van der Waals surface area contributed by atoms with E-state index in [4.69, 9.17) is 15.2 Å².